The minimum atomic E-state index is -0.438. The molecule has 0 saturated carbocycles. The molecule has 0 radical (unpaired) electrons. The fourth-order valence-electron chi connectivity index (χ4n) is 1.35. The van der Waals surface area contributed by atoms with Crippen molar-refractivity contribution in [2.45, 2.75) is 19.9 Å². The van der Waals surface area contributed by atoms with E-state index in [1.165, 1.54) is 6.20 Å². The van der Waals surface area contributed by atoms with E-state index in [1.54, 1.807) is 6.20 Å². The van der Waals surface area contributed by atoms with Gasteiger partial charge in [0.15, 0.2) is 0 Å². The van der Waals surface area contributed by atoms with Crippen LogP contribution in [-0.4, -0.2) is 15.2 Å². The highest BCUT2D eigenvalue weighted by Gasteiger charge is 2.13. The molecule has 17 heavy (non-hydrogen) atoms. The Hall–Kier alpha value is -1.82. The number of H-pyrrole nitrogens is 1. The number of aryl methyl sites for hydroxylation is 1. The fourth-order valence-corrected chi connectivity index (χ4v) is 1.50. The molecule has 2 aromatic rings. The summed E-state index contributed by atoms with van der Waals surface area (Å²) in [6, 6.07) is -0.204. The predicted octanol–water partition coefficient (Wildman–Crippen LogP) is 1.89. The predicted molar refractivity (Wildman–Crippen MR) is 63.1 cm³/mol. The second-order valence-corrected chi connectivity index (χ2v) is 3.98. The Kier molecular flexibility index (Phi) is 3.14. The topological polar surface area (TPSA) is 83.8 Å². The van der Waals surface area contributed by atoms with Crippen LogP contribution in [0.25, 0.3) is 0 Å². The Morgan fingerprint density at radius 3 is 2.94 bits per heavy atom. The van der Waals surface area contributed by atoms with Gasteiger partial charge in [0, 0.05) is 0 Å². The van der Waals surface area contributed by atoms with E-state index in [4.69, 9.17) is 16.0 Å². The fraction of sp³-hybridized carbons (Fsp3) is 0.300. The van der Waals surface area contributed by atoms with Gasteiger partial charge >= 0.3 is 0 Å². The van der Waals surface area contributed by atoms with Crippen LogP contribution in [0.2, 0.25) is 5.02 Å². The Morgan fingerprint density at radius 1 is 1.53 bits per heavy atom. The van der Waals surface area contributed by atoms with Gasteiger partial charge in [-0.3, -0.25) is 4.79 Å². The van der Waals surface area contributed by atoms with E-state index >= 15 is 0 Å². The van der Waals surface area contributed by atoms with Crippen molar-refractivity contribution in [2.24, 2.45) is 0 Å². The standard InChI is InChI=1S/C10H11ClN4O2/c1-5-3-12-10(17-5)6(2)14-7-4-13-15-9(16)8(7)11/h3-4,6H,1-2H3,(H2,14,15,16). The Balaban J connectivity index is 2.21. The number of aromatic amines is 1. The minimum Gasteiger partial charge on any atom is -0.444 e. The van der Waals surface area contributed by atoms with Crippen molar-refractivity contribution < 1.29 is 4.42 Å². The molecule has 1 unspecified atom stereocenters. The van der Waals surface area contributed by atoms with E-state index < -0.39 is 5.56 Å². The van der Waals surface area contributed by atoms with Crippen molar-refractivity contribution in [3.8, 4) is 0 Å². The van der Waals surface area contributed by atoms with E-state index in [9.17, 15) is 4.79 Å². The van der Waals surface area contributed by atoms with Gasteiger partial charge in [-0.1, -0.05) is 11.6 Å². The monoisotopic (exact) mass is 254 g/mol. The quantitative estimate of drug-likeness (QED) is 0.874. The number of aromatic nitrogens is 3. The highest BCUT2D eigenvalue weighted by Crippen LogP contribution is 2.21. The summed E-state index contributed by atoms with van der Waals surface area (Å²) in [5.41, 5.74) is 0.00576. The number of hydrogen-bond donors (Lipinski definition) is 2. The molecule has 0 amide bonds. The number of rotatable bonds is 3. The Bertz CT molecular complexity index is 578. The van der Waals surface area contributed by atoms with Crippen LogP contribution < -0.4 is 10.9 Å². The summed E-state index contributed by atoms with van der Waals surface area (Å²) in [4.78, 5) is 15.3. The lowest BCUT2D eigenvalue weighted by Crippen LogP contribution is -2.14. The van der Waals surface area contributed by atoms with Gasteiger partial charge in [-0.05, 0) is 13.8 Å². The lowest BCUT2D eigenvalue weighted by atomic mass is 10.3. The molecule has 0 aliphatic heterocycles. The Morgan fingerprint density at radius 2 is 2.29 bits per heavy atom. The molecule has 2 rings (SSSR count). The van der Waals surface area contributed by atoms with Crippen LogP contribution in [-0.2, 0) is 0 Å². The second-order valence-electron chi connectivity index (χ2n) is 3.60. The maximum atomic E-state index is 11.2. The molecule has 0 aliphatic rings. The summed E-state index contributed by atoms with van der Waals surface area (Å²) in [5.74, 6) is 1.25. The highest BCUT2D eigenvalue weighted by molar-refractivity contribution is 6.32. The summed E-state index contributed by atoms with van der Waals surface area (Å²) < 4.78 is 5.36. The van der Waals surface area contributed by atoms with Gasteiger partial charge in [-0.15, -0.1) is 0 Å². The molecule has 0 saturated heterocycles. The third kappa shape index (κ3) is 2.47. The number of anilines is 1. The van der Waals surface area contributed by atoms with E-state index in [0.717, 1.165) is 5.76 Å². The minimum absolute atomic E-state index is 0.0649. The number of nitrogens with one attached hydrogen (secondary N) is 2. The molecular formula is C10H11ClN4O2. The maximum Gasteiger partial charge on any atom is 0.285 e. The van der Waals surface area contributed by atoms with Crippen molar-refractivity contribution in [1.82, 2.24) is 15.2 Å². The molecule has 0 bridgehead atoms. The van der Waals surface area contributed by atoms with Crippen LogP contribution in [0.1, 0.15) is 24.6 Å². The summed E-state index contributed by atoms with van der Waals surface area (Å²) in [7, 11) is 0. The molecule has 0 spiro atoms. The van der Waals surface area contributed by atoms with Crippen LogP contribution in [0.15, 0.2) is 21.6 Å². The third-order valence-corrected chi connectivity index (χ3v) is 2.55. The first-order valence-electron chi connectivity index (χ1n) is 5.00. The van der Waals surface area contributed by atoms with Crippen molar-refractivity contribution >= 4 is 17.3 Å². The molecule has 6 nitrogen and oxygen atoms in total. The van der Waals surface area contributed by atoms with Crippen LogP contribution in [0.5, 0.6) is 0 Å². The molecule has 0 fully saturated rings. The van der Waals surface area contributed by atoms with Crippen LogP contribution in [0.3, 0.4) is 0 Å². The highest BCUT2D eigenvalue weighted by atomic mass is 35.5. The van der Waals surface area contributed by atoms with Crippen molar-refractivity contribution in [3.05, 3.63) is 39.4 Å². The first-order valence-corrected chi connectivity index (χ1v) is 5.37. The normalized spacial score (nSPS) is 12.4. The zero-order valence-electron chi connectivity index (χ0n) is 9.32. The summed E-state index contributed by atoms with van der Waals surface area (Å²) in [6.07, 6.45) is 3.07. The van der Waals surface area contributed by atoms with Crippen molar-refractivity contribution in [3.63, 3.8) is 0 Å². The molecule has 2 aromatic heterocycles. The van der Waals surface area contributed by atoms with Gasteiger partial charge in [0.25, 0.3) is 5.56 Å². The van der Waals surface area contributed by atoms with Gasteiger partial charge < -0.3 is 9.73 Å². The second kappa shape index (κ2) is 4.58. The SMILES string of the molecule is Cc1cnc(C(C)Nc2cn[nH]c(=O)c2Cl)o1. The zero-order valence-corrected chi connectivity index (χ0v) is 10.1. The van der Waals surface area contributed by atoms with Crippen molar-refractivity contribution in [2.75, 3.05) is 5.32 Å². The molecule has 2 heterocycles. The van der Waals surface area contributed by atoms with E-state index in [1.807, 2.05) is 13.8 Å². The third-order valence-electron chi connectivity index (χ3n) is 2.18. The smallest absolute Gasteiger partial charge is 0.285 e. The van der Waals surface area contributed by atoms with Crippen LogP contribution >= 0.6 is 11.6 Å². The summed E-state index contributed by atoms with van der Waals surface area (Å²) >= 11 is 5.83. The molecular weight excluding hydrogens is 244 g/mol. The number of nitrogens with zero attached hydrogens (tertiary/aromatic N) is 2. The molecule has 0 aliphatic carbocycles. The zero-order chi connectivity index (χ0) is 12.4. The molecule has 1 atom stereocenters. The molecule has 2 N–H and O–H groups in total. The number of oxazole rings is 1. The van der Waals surface area contributed by atoms with Gasteiger partial charge in [-0.2, -0.15) is 5.10 Å². The molecule has 0 aromatic carbocycles. The first-order chi connectivity index (χ1) is 8.08. The molecule has 90 valence electrons. The van der Waals surface area contributed by atoms with E-state index in [0.29, 0.717) is 11.6 Å². The van der Waals surface area contributed by atoms with Crippen LogP contribution in [0.4, 0.5) is 5.69 Å². The number of halogens is 1. The van der Waals surface area contributed by atoms with Gasteiger partial charge in [0.1, 0.15) is 16.8 Å². The van der Waals surface area contributed by atoms with Gasteiger partial charge in [0.05, 0.1) is 18.1 Å². The number of hydrogen-bond acceptors (Lipinski definition) is 5. The molecule has 7 heteroatoms. The summed E-state index contributed by atoms with van der Waals surface area (Å²) in [5, 5.41) is 8.98. The lowest BCUT2D eigenvalue weighted by molar-refractivity contribution is 0.453. The largest absolute Gasteiger partial charge is 0.444 e. The average Bonchev–Trinajstić information content (AvgIpc) is 2.72. The first kappa shape index (κ1) is 11.7. The van der Waals surface area contributed by atoms with Gasteiger partial charge in [-0.25, -0.2) is 10.1 Å². The Labute approximate surface area is 102 Å². The average molecular weight is 255 g/mol. The summed E-state index contributed by atoms with van der Waals surface area (Å²) in [6.45, 7) is 3.66. The van der Waals surface area contributed by atoms with Crippen LogP contribution in [0, 0.1) is 6.92 Å². The maximum absolute atomic E-state index is 11.2. The van der Waals surface area contributed by atoms with Gasteiger partial charge in [0.2, 0.25) is 5.89 Å². The van der Waals surface area contributed by atoms with Crippen molar-refractivity contribution in [1.29, 1.82) is 0 Å². The van der Waals surface area contributed by atoms with E-state index in [-0.39, 0.29) is 11.1 Å². The lowest BCUT2D eigenvalue weighted by Gasteiger charge is -2.11. The van der Waals surface area contributed by atoms with E-state index in [2.05, 4.69) is 20.5 Å².